The van der Waals surface area contributed by atoms with Crippen molar-refractivity contribution in [2.75, 3.05) is 13.1 Å². The highest BCUT2D eigenvalue weighted by molar-refractivity contribution is 5.95. The fourth-order valence-corrected chi connectivity index (χ4v) is 3.24. The summed E-state index contributed by atoms with van der Waals surface area (Å²) >= 11 is 0. The van der Waals surface area contributed by atoms with Gasteiger partial charge in [0.25, 0.3) is 5.91 Å². The van der Waals surface area contributed by atoms with E-state index in [9.17, 15) is 4.79 Å². The third-order valence-corrected chi connectivity index (χ3v) is 4.45. The molecule has 0 N–H and O–H groups in total. The number of fused-ring (bicyclic) bond motifs is 3. The number of carbonyl (C=O) groups excluding carboxylic acids is 1. The van der Waals surface area contributed by atoms with E-state index in [0.717, 1.165) is 17.8 Å². The van der Waals surface area contributed by atoms with Gasteiger partial charge < -0.3 is 9.64 Å². The standard InChI is InChI=1S/C15H17N5O2/c1-10-12(3-2-5-16-10)15(21)19-6-4-14-13(8-19)20-11(9-22-14)7-17-18-20/h2-3,5,7,13-14H,4,6,8-9H2,1H3/t13-,14+/m0/s1. The number of nitrogens with zero attached hydrogens (tertiary/aromatic N) is 5. The molecule has 7 nitrogen and oxygen atoms in total. The highest BCUT2D eigenvalue weighted by Crippen LogP contribution is 2.30. The van der Waals surface area contributed by atoms with E-state index >= 15 is 0 Å². The smallest absolute Gasteiger partial charge is 0.255 e. The monoisotopic (exact) mass is 299 g/mol. The van der Waals surface area contributed by atoms with Crippen molar-refractivity contribution in [2.24, 2.45) is 0 Å². The number of hydrogen-bond donors (Lipinski definition) is 0. The molecule has 0 bridgehead atoms. The number of aromatic nitrogens is 4. The van der Waals surface area contributed by atoms with Gasteiger partial charge in [-0.2, -0.15) is 0 Å². The maximum atomic E-state index is 12.7. The average molecular weight is 299 g/mol. The predicted octanol–water partition coefficient (Wildman–Crippen LogP) is 0.968. The molecule has 1 amide bonds. The summed E-state index contributed by atoms with van der Waals surface area (Å²) in [5.41, 5.74) is 2.39. The minimum absolute atomic E-state index is 0.0243. The molecule has 0 saturated carbocycles. The van der Waals surface area contributed by atoms with Gasteiger partial charge in [0.1, 0.15) is 0 Å². The average Bonchev–Trinajstić information content (AvgIpc) is 3.03. The van der Waals surface area contributed by atoms with Crippen LogP contribution in [0.3, 0.4) is 0 Å². The van der Waals surface area contributed by atoms with Gasteiger partial charge in [0, 0.05) is 25.0 Å². The maximum absolute atomic E-state index is 12.7. The van der Waals surface area contributed by atoms with E-state index in [1.807, 2.05) is 22.6 Å². The number of hydrogen-bond acceptors (Lipinski definition) is 5. The zero-order valence-corrected chi connectivity index (χ0v) is 12.3. The molecule has 22 heavy (non-hydrogen) atoms. The first-order chi connectivity index (χ1) is 10.7. The molecular formula is C15H17N5O2. The molecule has 7 heteroatoms. The third-order valence-electron chi connectivity index (χ3n) is 4.45. The summed E-state index contributed by atoms with van der Waals surface area (Å²) in [6, 6.07) is 3.67. The molecule has 0 aliphatic carbocycles. The van der Waals surface area contributed by atoms with Crippen LogP contribution in [0.15, 0.2) is 24.5 Å². The fraction of sp³-hybridized carbons (Fsp3) is 0.467. The summed E-state index contributed by atoms with van der Waals surface area (Å²) in [7, 11) is 0. The first kappa shape index (κ1) is 13.4. The quantitative estimate of drug-likeness (QED) is 0.784. The van der Waals surface area contributed by atoms with Crippen molar-refractivity contribution in [3.8, 4) is 0 Å². The molecule has 2 aromatic rings. The third kappa shape index (κ3) is 2.09. The maximum Gasteiger partial charge on any atom is 0.255 e. The molecule has 2 aliphatic rings. The Morgan fingerprint density at radius 2 is 2.36 bits per heavy atom. The van der Waals surface area contributed by atoms with Crippen molar-refractivity contribution in [3.05, 3.63) is 41.5 Å². The Morgan fingerprint density at radius 3 is 3.23 bits per heavy atom. The SMILES string of the molecule is Cc1ncccc1C(=O)N1CC[C@H]2OCc3cnnn3[C@H]2C1. The van der Waals surface area contributed by atoms with Crippen LogP contribution in [0.4, 0.5) is 0 Å². The number of likely N-dealkylation sites (tertiary alicyclic amines) is 1. The molecule has 0 spiro atoms. The summed E-state index contributed by atoms with van der Waals surface area (Å²) in [5.74, 6) is 0.0243. The largest absolute Gasteiger partial charge is 0.370 e. The minimum Gasteiger partial charge on any atom is -0.370 e. The molecule has 1 fully saturated rings. The lowest BCUT2D eigenvalue weighted by Gasteiger charge is -2.41. The van der Waals surface area contributed by atoms with Crippen LogP contribution < -0.4 is 0 Å². The lowest BCUT2D eigenvalue weighted by Crippen LogP contribution is -2.50. The van der Waals surface area contributed by atoms with E-state index in [-0.39, 0.29) is 18.1 Å². The summed E-state index contributed by atoms with van der Waals surface area (Å²) in [6.45, 7) is 3.69. The van der Waals surface area contributed by atoms with Crippen molar-refractivity contribution in [2.45, 2.75) is 32.1 Å². The summed E-state index contributed by atoms with van der Waals surface area (Å²) in [5, 5.41) is 8.12. The van der Waals surface area contributed by atoms with Gasteiger partial charge in [0.15, 0.2) is 0 Å². The number of amides is 1. The van der Waals surface area contributed by atoms with Crippen LogP contribution >= 0.6 is 0 Å². The summed E-state index contributed by atoms with van der Waals surface area (Å²) in [4.78, 5) is 18.8. The van der Waals surface area contributed by atoms with Gasteiger partial charge in [-0.15, -0.1) is 5.10 Å². The molecule has 2 aliphatic heterocycles. The lowest BCUT2D eigenvalue weighted by atomic mass is 9.99. The van der Waals surface area contributed by atoms with Gasteiger partial charge in [-0.25, -0.2) is 4.68 Å². The Hall–Kier alpha value is -2.28. The first-order valence-electron chi connectivity index (χ1n) is 7.45. The predicted molar refractivity (Wildman–Crippen MR) is 77.1 cm³/mol. The second kappa shape index (κ2) is 5.17. The van der Waals surface area contributed by atoms with Crippen LogP contribution in [0.2, 0.25) is 0 Å². The number of aryl methyl sites for hydroxylation is 1. The van der Waals surface area contributed by atoms with E-state index in [1.54, 1.807) is 18.5 Å². The molecule has 0 aromatic carbocycles. The van der Waals surface area contributed by atoms with E-state index in [0.29, 0.717) is 25.3 Å². The lowest BCUT2D eigenvalue weighted by molar-refractivity contribution is -0.0605. The first-order valence-corrected chi connectivity index (χ1v) is 7.45. The molecular weight excluding hydrogens is 282 g/mol. The number of pyridine rings is 1. The van der Waals surface area contributed by atoms with Crippen molar-refractivity contribution in [1.82, 2.24) is 24.9 Å². The van der Waals surface area contributed by atoms with Crippen LogP contribution in [0.1, 0.15) is 34.2 Å². The van der Waals surface area contributed by atoms with E-state index < -0.39 is 0 Å². The van der Waals surface area contributed by atoms with Gasteiger partial charge in [-0.1, -0.05) is 5.21 Å². The van der Waals surface area contributed by atoms with E-state index in [2.05, 4.69) is 15.3 Å². The molecule has 114 valence electrons. The molecule has 2 atom stereocenters. The van der Waals surface area contributed by atoms with Crippen LogP contribution in [0, 0.1) is 6.92 Å². The second-order valence-electron chi connectivity index (χ2n) is 5.76. The van der Waals surface area contributed by atoms with Gasteiger partial charge >= 0.3 is 0 Å². The molecule has 4 rings (SSSR count). The van der Waals surface area contributed by atoms with Gasteiger partial charge in [0.2, 0.25) is 0 Å². The molecule has 4 heterocycles. The number of rotatable bonds is 1. The van der Waals surface area contributed by atoms with Crippen molar-refractivity contribution < 1.29 is 9.53 Å². The van der Waals surface area contributed by atoms with E-state index in [4.69, 9.17) is 4.74 Å². The van der Waals surface area contributed by atoms with Gasteiger partial charge in [-0.05, 0) is 25.5 Å². The van der Waals surface area contributed by atoms with Crippen molar-refractivity contribution in [3.63, 3.8) is 0 Å². The van der Waals surface area contributed by atoms with Crippen LogP contribution in [-0.2, 0) is 11.3 Å². The minimum atomic E-state index is 0.0243. The number of carbonyl (C=O) groups is 1. The topological polar surface area (TPSA) is 73.1 Å². The zero-order valence-electron chi connectivity index (χ0n) is 12.3. The Bertz CT molecular complexity index is 713. The Morgan fingerprint density at radius 1 is 1.45 bits per heavy atom. The zero-order chi connectivity index (χ0) is 15.1. The number of ether oxygens (including phenoxy) is 1. The van der Waals surface area contributed by atoms with Crippen molar-refractivity contribution >= 4 is 5.91 Å². The molecule has 2 aromatic heterocycles. The molecule has 1 saturated heterocycles. The van der Waals surface area contributed by atoms with Crippen molar-refractivity contribution in [1.29, 1.82) is 0 Å². The Labute approximate surface area is 127 Å². The van der Waals surface area contributed by atoms with E-state index in [1.165, 1.54) is 0 Å². The normalized spacial score (nSPS) is 23.8. The van der Waals surface area contributed by atoms with Crippen LogP contribution in [0.5, 0.6) is 0 Å². The highest BCUT2D eigenvalue weighted by atomic mass is 16.5. The highest BCUT2D eigenvalue weighted by Gasteiger charge is 2.38. The Balaban J connectivity index is 1.59. The summed E-state index contributed by atoms with van der Waals surface area (Å²) < 4.78 is 7.78. The van der Waals surface area contributed by atoms with Crippen LogP contribution in [0.25, 0.3) is 0 Å². The van der Waals surface area contributed by atoms with Crippen LogP contribution in [-0.4, -0.2) is 50.0 Å². The Kier molecular flexibility index (Phi) is 3.15. The van der Waals surface area contributed by atoms with Gasteiger partial charge in [0.05, 0.1) is 36.2 Å². The fourth-order valence-electron chi connectivity index (χ4n) is 3.24. The molecule has 0 radical (unpaired) electrons. The number of piperidine rings is 1. The second-order valence-corrected chi connectivity index (χ2v) is 5.76. The van der Waals surface area contributed by atoms with Gasteiger partial charge in [-0.3, -0.25) is 9.78 Å². The summed E-state index contributed by atoms with van der Waals surface area (Å²) in [6.07, 6.45) is 4.35. The molecule has 0 unspecified atom stereocenters.